The second kappa shape index (κ2) is 17.8. The first-order valence-corrected chi connectivity index (χ1v) is 18.9. The molecule has 2 aliphatic carbocycles. The first kappa shape index (κ1) is 39.3. The molecule has 5 atom stereocenters. The number of rotatable bonds is 15. The molecular formula is C39H53N7O7. The van der Waals surface area contributed by atoms with Crippen molar-refractivity contribution in [1.29, 1.82) is 0 Å². The number of nitrogens with one attached hydrogen (secondary N) is 4. The maximum Gasteiger partial charge on any atom is 0.289 e. The van der Waals surface area contributed by atoms with E-state index in [0.717, 1.165) is 44.9 Å². The zero-order chi connectivity index (χ0) is 38.1. The van der Waals surface area contributed by atoms with Gasteiger partial charge in [0.2, 0.25) is 23.5 Å². The molecule has 53 heavy (non-hydrogen) atoms. The van der Waals surface area contributed by atoms with Crippen molar-refractivity contribution in [3.63, 3.8) is 0 Å². The van der Waals surface area contributed by atoms with Crippen LogP contribution in [-0.4, -0.2) is 93.0 Å². The van der Waals surface area contributed by atoms with Gasteiger partial charge in [0.05, 0.1) is 18.8 Å². The molecule has 1 aliphatic heterocycles. The van der Waals surface area contributed by atoms with E-state index < -0.39 is 71.0 Å². The number of aromatic nitrogens is 2. The van der Waals surface area contributed by atoms with Crippen LogP contribution < -0.4 is 26.0 Å². The van der Waals surface area contributed by atoms with E-state index in [0.29, 0.717) is 12.2 Å². The number of ether oxygens (including phenoxy) is 1. The van der Waals surface area contributed by atoms with Crippen molar-refractivity contribution in [2.45, 2.75) is 128 Å². The van der Waals surface area contributed by atoms with E-state index in [1.54, 1.807) is 12.1 Å². The average Bonchev–Trinajstić information content (AvgIpc) is 3.87. The Morgan fingerprint density at radius 1 is 0.925 bits per heavy atom. The highest BCUT2D eigenvalue weighted by Crippen LogP contribution is 2.30. The van der Waals surface area contributed by atoms with Gasteiger partial charge < -0.3 is 30.9 Å². The molecule has 5 rings (SSSR count). The van der Waals surface area contributed by atoms with E-state index in [4.69, 9.17) is 4.74 Å². The molecular weight excluding hydrogens is 678 g/mol. The fourth-order valence-electron chi connectivity index (χ4n) is 7.08. The monoisotopic (exact) mass is 731 g/mol. The molecule has 14 heteroatoms. The molecule has 3 fully saturated rings. The largest absolute Gasteiger partial charge is 0.488 e. The van der Waals surface area contributed by atoms with Crippen molar-refractivity contribution in [3.8, 4) is 5.75 Å². The highest BCUT2D eigenvalue weighted by Gasteiger charge is 2.47. The lowest BCUT2D eigenvalue weighted by molar-refractivity contribution is -0.145. The number of nitrogens with zero attached hydrogens (tertiary/aromatic N) is 3. The van der Waals surface area contributed by atoms with Crippen LogP contribution in [0.5, 0.6) is 5.75 Å². The minimum Gasteiger partial charge on any atom is -0.488 e. The van der Waals surface area contributed by atoms with Gasteiger partial charge in [-0.05, 0) is 55.6 Å². The van der Waals surface area contributed by atoms with Crippen LogP contribution in [0, 0.1) is 11.3 Å². The first-order chi connectivity index (χ1) is 25.3. The van der Waals surface area contributed by atoms with Gasteiger partial charge in [-0.15, -0.1) is 0 Å². The molecule has 2 aromatic rings. The molecule has 5 amide bonds. The van der Waals surface area contributed by atoms with Crippen LogP contribution in [-0.2, 0) is 24.0 Å². The lowest BCUT2D eigenvalue weighted by Gasteiger charge is -2.37. The highest BCUT2D eigenvalue weighted by atomic mass is 16.5. The molecule has 4 N–H and O–H groups in total. The molecule has 0 spiro atoms. The summed E-state index contributed by atoms with van der Waals surface area (Å²) in [6.07, 6.45) is 10.5. The Labute approximate surface area is 311 Å². The van der Waals surface area contributed by atoms with Crippen molar-refractivity contribution < 1.29 is 33.5 Å². The summed E-state index contributed by atoms with van der Waals surface area (Å²) in [5.41, 5.74) is -0.746. The zero-order valence-corrected chi connectivity index (χ0v) is 31.1. The lowest BCUT2D eigenvalue weighted by atomic mass is 9.82. The van der Waals surface area contributed by atoms with Gasteiger partial charge in [0.25, 0.3) is 11.8 Å². The molecule has 0 bridgehead atoms. The summed E-state index contributed by atoms with van der Waals surface area (Å²) >= 11 is 0. The van der Waals surface area contributed by atoms with Crippen LogP contribution >= 0.6 is 0 Å². The van der Waals surface area contributed by atoms with E-state index >= 15 is 0 Å². The molecule has 1 unspecified atom stereocenters. The van der Waals surface area contributed by atoms with Gasteiger partial charge in [0, 0.05) is 24.9 Å². The first-order valence-electron chi connectivity index (χ1n) is 18.9. The van der Waals surface area contributed by atoms with Crippen molar-refractivity contribution in [3.05, 3.63) is 54.6 Å². The second-order valence-corrected chi connectivity index (χ2v) is 15.5. The smallest absolute Gasteiger partial charge is 0.289 e. The van der Waals surface area contributed by atoms with Crippen LogP contribution in [0.3, 0.4) is 0 Å². The third kappa shape index (κ3) is 10.6. The number of hydrogen-bond acceptors (Lipinski definition) is 9. The summed E-state index contributed by atoms with van der Waals surface area (Å²) in [4.78, 5) is 91.6. The van der Waals surface area contributed by atoms with Crippen LogP contribution in [0.4, 0.5) is 0 Å². The second-order valence-electron chi connectivity index (χ2n) is 15.5. The van der Waals surface area contributed by atoms with Crippen LogP contribution in [0.2, 0.25) is 0 Å². The van der Waals surface area contributed by atoms with Crippen LogP contribution in [0.15, 0.2) is 48.9 Å². The molecule has 286 valence electrons. The van der Waals surface area contributed by atoms with E-state index in [1.165, 1.54) is 23.5 Å². The van der Waals surface area contributed by atoms with Gasteiger partial charge >= 0.3 is 0 Å². The van der Waals surface area contributed by atoms with Crippen LogP contribution in [0.25, 0.3) is 0 Å². The number of benzene rings is 1. The Morgan fingerprint density at radius 3 is 2.26 bits per heavy atom. The molecule has 3 aliphatic rings. The van der Waals surface area contributed by atoms with Crippen molar-refractivity contribution >= 4 is 35.3 Å². The molecule has 1 aromatic carbocycles. The SMILES string of the molecule is CCCC(NC(=O)[C@H]1C[C@@H](Oc2ccccc2)CN1C(=O)[C@@H](NC(=O)[C@@H](NC(=O)c1cnccn1)C1CCCCC1)C(C)(C)C)C(=O)C(=O)NC1CC1. The fraction of sp³-hybridized carbons (Fsp3) is 0.590. The summed E-state index contributed by atoms with van der Waals surface area (Å²) in [5.74, 6) is -3.17. The lowest BCUT2D eigenvalue weighted by Crippen LogP contribution is -2.62. The van der Waals surface area contributed by atoms with Crippen molar-refractivity contribution in [1.82, 2.24) is 36.1 Å². The number of ketones is 1. The minimum absolute atomic E-state index is 0.0224. The minimum atomic E-state index is -1.10. The van der Waals surface area contributed by atoms with Gasteiger partial charge in [0.15, 0.2) is 0 Å². The van der Waals surface area contributed by atoms with Gasteiger partial charge in [-0.1, -0.05) is 71.6 Å². The molecule has 1 aromatic heterocycles. The maximum absolute atomic E-state index is 14.7. The molecule has 14 nitrogen and oxygen atoms in total. The number of likely N-dealkylation sites (tertiary alicyclic amines) is 1. The van der Waals surface area contributed by atoms with E-state index in [-0.39, 0.29) is 37.0 Å². The highest BCUT2D eigenvalue weighted by molar-refractivity contribution is 6.38. The van der Waals surface area contributed by atoms with Crippen molar-refractivity contribution in [2.75, 3.05) is 6.54 Å². The summed E-state index contributed by atoms with van der Waals surface area (Å²) in [7, 11) is 0. The van der Waals surface area contributed by atoms with Crippen molar-refractivity contribution in [2.24, 2.45) is 11.3 Å². The summed E-state index contributed by atoms with van der Waals surface area (Å²) in [5, 5.41) is 11.3. The predicted molar refractivity (Wildman–Crippen MR) is 195 cm³/mol. The number of amides is 5. The molecule has 2 saturated carbocycles. The Hall–Kier alpha value is -4.88. The topological polar surface area (TPSA) is 189 Å². The van der Waals surface area contributed by atoms with Gasteiger partial charge in [0.1, 0.15) is 35.7 Å². The molecule has 0 radical (unpaired) electrons. The fourth-order valence-corrected chi connectivity index (χ4v) is 7.08. The normalized spacial score (nSPS) is 20.7. The van der Waals surface area contributed by atoms with Gasteiger partial charge in [-0.3, -0.25) is 33.8 Å². The van der Waals surface area contributed by atoms with E-state index in [2.05, 4.69) is 31.2 Å². The average molecular weight is 732 g/mol. The maximum atomic E-state index is 14.7. The number of para-hydroxylation sites is 1. The molecule has 2 heterocycles. The molecule has 1 saturated heterocycles. The van der Waals surface area contributed by atoms with Crippen LogP contribution in [0.1, 0.15) is 102 Å². The van der Waals surface area contributed by atoms with E-state index in [1.807, 2.05) is 45.9 Å². The Bertz CT molecular complexity index is 1610. The summed E-state index contributed by atoms with van der Waals surface area (Å²) in [6.45, 7) is 7.36. The Kier molecular flexibility index (Phi) is 13.2. The number of carbonyl (C=O) groups excluding carboxylic acids is 6. The summed E-state index contributed by atoms with van der Waals surface area (Å²) < 4.78 is 6.22. The quantitative estimate of drug-likeness (QED) is 0.200. The number of hydrogen-bond donors (Lipinski definition) is 4. The Morgan fingerprint density at radius 2 is 1.64 bits per heavy atom. The third-order valence-electron chi connectivity index (χ3n) is 10.1. The predicted octanol–water partition coefficient (Wildman–Crippen LogP) is 2.87. The third-order valence-corrected chi connectivity index (χ3v) is 10.1. The zero-order valence-electron chi connectivity index (χ0n) is 31.1. The standard InChI is InChI=1S/C39H53N7O7/c1-5-12-28(32(47)37(51)42-25-17-18-25)43-35(49)30-21-27(53-26-15-10-7-11-16-26)23-46(30)38(52)33(39(2,3)4)45-36(50)31(24-13-8-6-9-14-24)44-34(48)29-22-40-19-20-41-29/h7,10-11,15-16,19-20,22,24-25,27-28,30-31,33H,5-6,8-9,12-14,17-18,21,23H2,1-4H3,(H,42,51)(H,43,49)(H,44,48)(H,45,50)/t27-,28?,30-,31+,33-/m1/s1. The summed E-state index contributed by atoms with van der Waals surface area (Å²) in [6, 6.07) is 4.89. The van der Waals surface area contributed by atoms with Gasteiger partial charge in [-0.2, -0.15) is 0 Å². The number of carbonyl (C=O) groups is 6. The number of Topliss-reactive ketones (excluding diaryl/α,β-unsaturated/α-hetero) is 1. The Balaban J connectivity index is 1.39. The van der Waals surface area contributed by atoms with E-state index in [9.17, 15) is 28.8 Å². The van der Waals surface area contributed by atoms with Gasteiger partial charge in [-0.25, -0.2) is 4.98 Å².